The van der Waals surface area contributed by atoms with Crippen molar-refractivity contribution in [2.24, 2.45) is 0 Å². The lowest BCUT2D eigenvalue weighted by Gasteiger charge is -2.18. The van der Waals surface area contributed by atoms with Crippen LogP contribution in [0, 0.1) is 0 Å². The highest BCUT2D eigenvalue weighted by Gasteiger charge is 2.17. The smallest absolute Gasteiger partial charge is 0.394 e. The van der Waals surface area contributed by atoms with E-state index < -0.39 is 6.16 Å². The third kappa shape index (κ3) is 6.90. The van der Waals surface area contributed by atoms with Gasteiger partial charge in [0, 0.05) is 0 Å². The van der Waals surface area contributed by atoms with Crippen LogP contribution in [0.1, 0.15) is 88.5 Å². The number of carbonyl (C=O) groups excluding carboxylic acids is 1. The number of ether oxygens (including phenoxy) is 2. The first-order valence-corrected chi connectivity index (χ1v) is 11.8. The normalized spacial score (nSPS) is 10.8. The van der Waals surface area contributed by atoms with Crippen LogP contribution >= 0.6 is 0 Å². The third-order valence-corrected chi connectivity index (χ3v) is 5.41. The molecule has 0 aliphatic rings. The highest BCUT2D eigenvalue weighted by atomic mass is 16.7. The van der Waals surface area contributed by atoms with Gasteiger partial charge in [0.2, 0.25) is 0 Å². The molecule has 0 aliphatic heterocycles. The van der Waals surface area contributed by atoms with E-state index >= 15 is 0 Å². The first kappa shape index (κ1) is 24.0. The van der Waals surface area contributed by atoms with Gasteiger partial charge in [-0.2, -0.15) is 0 Å². The zero-order valence-electron chi connectivity index (χ0n) is 19.3. The summed E-state index contributed by atoms with van der Waals surface area (Å²) in [6, 6.07) is 11.8. The summed E-state index contributed by atoms with van der Waals surface area (Å²) >= 11 is 0. The van der Waals surface area contributed by atoms with Gasteiger partial charge in [0.1, 0.15) is 11.5 Å². The summed E-state index contributed by atoms with van der Waals surface area (Å²) < 4.78 is 11.4. The summed E-state index contributed by atoms with van der Waals surface area (Å²) in [5, 5.41) is 0. The Bertz CT molecular complexity index is 795. The maximum absolute atomic E-state index is 12.7. The van der Waals surface area contributed by atoms with E-state index in [2.05, 4.69) is 33.8 Å². The number of rotatable bonds is 12. The Labute approximate surface area is 182 Å². The van der Waals surface area contributed by atoms with Gasteiger partial charge in [0.25, 0.3) is 0 Å². The minimum absolute atomic E-state index is 0.604. The standard InChI is InChI=1S/C27H38O3/c1-5-9-10-16-22-17-11-12-18-25(22)29-27(28)30-26-20-19-21(13-6-2)23(14-7-3)24(26)15-8-4/h11-12,17-20H,5-10,13-16H2,1-4H3. The van der Waals surface area contributed by atoms with Crippen LogP contribution < -0.4 is 9.47 Å². The van der Waals surface area contributed by atoms with Gasteiger partial charge in [0.15, 0.2) is 0 Å². The van der Waals surface area contributed by atoms with Crippen LogP contribution in [0.5, 0.6) is 11.5 Å². The summed E-state index contributed by atoms with van der Waals surface area (Å²) in [6.07, 6.45) is 9.85. The Hall–Kier alpha value is -2.29. The van der Waals surface area contributed by atoms with Crippen molar-refractivity contribution in [1.82, 2.24) is 0 Å². The van der Waals surface area contributed by atoms with Crippen LogP contribution in [0.25, 0.3) is 0 Å². The number of benzene rings is 2. The Kier molecular flexibility index (Phi) is 10.5. The van der Waals surface area contributed by atoms with Gasteiger partial charge in [-0.1, -0.05) is 84.1 Å². The molecule has 0 bridgehead atoms. The summed E-state index contributed by atoms with van der Waals surface area (Å²) in [6.45, 7) is 8.75. The summed E-state index contributed by atoms with van der Waals surface area (Å²) in [7, 11) is 0. The highest BCUT2D eigenvalue weighted by molar-refractivity contribution is 5.68. The van der Waals surface area contributed by atoms with Gasteiger partial charge in [-0.15, -0.1) is 0 Å². The largest absolute Gasteiger partial charge is 0.519 e. The molecule has 0 fully saturated rings. The van der Waals surface area contributed by atoms with Crippen molar-refractivity contribution in [3.05, 3.63) is 58.7 Å². The maximum Gasteiger partial charge on any atom is 0.519 e. The fourth-order valence-corrected chi connectivity index (χ4v) is 3.98. The van der Waals surface area contributed by atoms with E-state index in [9.17, 15) is 4.79 Å². The lowest BCUT2D eigenvalue weighted by Crippen LogP contribution is -2.16. The van der Waals surface area contributed by atoms with E-state index in [1.165, 1.54) is 29.5 Å². The van der Waals surface area contributed by atoms with Gasteiger partial charge in [-0.05, 0) is 66.5 Å². The number of hydrogen-bond acceptors (Lipinski definition) is 3. The van der Waals surface area contributed by atoms with Crippen LogP contribution in [0.15, 0.2) is 36.4 Å². The Morgan fingerprint density at radius 2 is 1.30 bits per heavy atom. The van der Waals surface area contributed by atoms with Gasteiger partial charge in [-0.25, -0.2) is 4.79 Å². The van der Waals surface area contributed by atoms with Crippen molar-refractivity contribution in [3.8, 4) is 11.5 Å². The molecule has 0 atom stereocenters. The van der Waals surface area contributed by atoms with E-state index in [0.29, 0.717) is 11.5 Å². The molecule has 0 amide bonds. The molecule has 0 unspecified atom stereocenters. The Morgan fingerprint density at radius 1 is 0.633 bits per heavy atom. The van der Waals surface area contributed by atoms with Crippen LogP contribution in [0.4, 0.5) is 4.79 Å². The summed E-state index contributed by atoms with van der Waals surface area (Å²) in [5.74, 6) is 1.25. The van der Waals surface area contributed by atoms with Crippen molar-refractivity contribution in [1.29, 1.82) is 0 Å². The molecule has 3 nitrogen and oxygen atoms in total. The molecule has 2 rings (SSSR count). The van der Waals surface area contributed by atoms with E-state index in [-0.39, 0.29) is 0 Å². The highest BCUT2D eigenvalue weighted by Crippen LogP contribution is 2.30. The second-order valence-corrected chi connectivity index (χ2v) is 7.95. The predicted octanol–water partition coefficient (Wildman–Crippen LogP) is 7.85. The van der Waals surface area contributed by atoms with Gasteiger partial charge in [0.05, 0.1) is 0 Å². The topological polar surface area (TPSA) is 35.5 Å². The molecule has 0 saturated carbocycles. The SMILES string of the molecule is CCCCCc1ccccc1OC(=O)Oc1ccc(CCC)c(CCC)c1CCC. The Balaban J connectivity index is 2.21. The van der Waals surface area contributed by atoms with Crippen molar-refractivity contribution in [2.75, 3.05) is 0 Å². The molecule has 3 heteroatoms. The first-order valence-electron chi connectivity index (χ1n) is 11.8. The zero-order valence-corrected chi connectivity index (χ0v) is 19.3. The van der Waals surface area contributed by atoms with Gasteiger partial charge in [-0.3, -0.25) is 0 Å². The molecule has 0 aliphatic carbocycles. The number of para-hydroxylation sites is 1. The number of aryl methyl sites for hydroxylation is 2. The van der Waals surface area contributed by atoms with E-state index in [1.54, 1.807) is 0 Å². The second kappa shape index (κ2) is 13.1. The maximum atomic E-state index is 12.7. The van der Waals surface area contributed by atoms with Crippen molar-refractivity contribution in [2.45, 2.75) is 91.9 Å². The predicted molar refractivity (Wildman–Crippen MR) is 125 cm³/mol. The average molecular weight is 411 g/mol. The minimum atomic E-state index is -0.652. The molecule has 2 aromatic rings. The molecular formula is C27H38O3. The fraction of sp³-hybridized carbons (Fsp3) is 0.519. The van der Waals surface area contributed by atoms with Crippen LogP contribution in [-0.2, 0) is 25.7 Å². The van der Waals surface area contributed by atoms with Crippen LogP contribution in [0.2, 0.25) is 0 Å². The molecule has 0 aromatic heterocycles. The molecule has 0 heterocycles. The lowest BCUT2D eigenvalue weighted by molar-refractivity contribution is 0.151. The number of carbonyl (C=O) groups is 1. The Morgan fingerprint density at radius 3 is 2.00 bits per heavy atom. The molecule has 164 valence electrons. The molecular weight excluding hydrogens is 372 g/mol. The molecule has 0 saturated heterocycles. The quantitative estimate of drug-likeness (QED) is 0.203. The minimum Gasteiger partial charge on any atom is -0.394 e. The molecule has 0 spiro atoms. The monoisotopic (exact) mass is 410 g/mol. The van der Waals surface area contributed by atoms with Crippen LogP contribution in [0.3, 0.4) is 0 Å². The summed E-state index contributed by atoms with van der Waals surface area (Å²) in [4.78, 5) is 12.7. The van der Waals surface area contributed by atoms with Crippen molar-refractivity contribution >= 4 is 6.16 Å². The molecule has 0 N–H and O–H groups in total. The van der Waals surface area contributed by atoms with E-state index in [4.69, 9.17) is 9.47 Å². The second-order valence-electron chi connectivity index (χ2n) is 7.95. The van der Waals surface area contributed by atoms with Crippen molar-refractivity contribution in [3.63, 3.8) is 0 Å². The lowest BCUT2D eigenvalue weighted by atomic mass is 9.91. The van der Waals surface area contributed by atoms with Gasteiger partial charge >= 0.3 is 6.16 Å². The molecule has 30 heavy (non-hydrogen) atoms. The van der Waals surface area contributed by atoms with E-state index in [1.807, 2.05) is 30.3 Å². The third-order valence-electron chi connectivity index (χ3n) is 5.41. The first-order chi connectivity index (χ1) is 14.6. The van der Waals surface area contributed by atoms with Gasteiger partial charge < -0.3 is 9.47 Å². The summed E-state index contributed by atoms with van der Waals surface area (Å²) in [5.41, 5.74) is 4.95. The number of hydrogen-bond donors (Lipinski definition) is 0. The molecule has 2 aromatic carbocycles. The molecule has 0 radical (unpaired) electrons. The average Bonchev–Trinajstić information content (AvgIpc) is 2.73. The zero-order chi connectivity index (χ0) is 21.8. The van der Waals surface area contributed by atoms with Crippen molar-refractivity contribution < 1.29 is 14.3 Å². The van der Waals surface area contributed by atoms with E-state index in [0.717, 1.165) is 56.9 Å². The number of unbranched alkanes of at least 4 members (excludes halogenated alkanes) is 2. The van der Waals surface area contributed by atoms with Crippen LogP contribution in [-0.4, -0.2) is 6.16 Å². The fourth-order valence-electron chi connectivity index (χ4n) is 3.98.